The quantitative estimate of drug-likeness (QED) is 0.678. The minimum Gasteiger partial charge on any atom is -0.310 e. The Kier molecular flexibility index (Phi) is 6.67. The van der Waals surface area contributed by atoms with Gasteiger partial charge in [0.2, 0.25) is 0 Å². The zero-order chi connectivity index (χ0) is 14.4. The Labute approximate surface area is 133 Å². The molecule has 20 heavy (non-hydrogen) atoms. The molecule has 0 bridgehead atoms. The first kappa shape index (κ1) is 16.1. The maximum Gasteiger partial charge on any atom is 0.0468 e. The minimum atomic E-state index is 0.291. The summed E-state index contributed by atoms with van der Waals surface area (Å²) in [6, 6.07) is 6.11. The van der Waals surface area contributed by atoms with Gasteiger partial charge >= 0.3 is 0 Å². The number of hydrogen-bond donors (Lipinski definition) is 1. The first-order valence-electron chi connectivity index (χ1n) is 7.89. The van der Waals surface area contributed by atoms with Crippen LogP contribution in [0.4, 0.5) is 0 Å². The van der Waals surface area contributed by atoms with Gasteiger partial charge in [0.1, 0.15) is 0 Å². The smallest absolute Gasteiger partial charge is 0.0468 e. The van der Waals surface area contributed by atoms with Crippen LogP contribution in [0.25, 0.3) is 0 Å². The Morgan fingerprint density at radius 3 is 2.40 bits per heavy atom. The van der Waals surface area contributed by atoms with Crippen LogP contribution >= 0.6 is 23.2 Å². The third-order valence-electron chi connectivity index (χ3n) is 4.28. The molecule has 1 N–H and O–H groups in total. The molecular weight excluding hydrogens is 289 g/mol. The molecule has 0 saturated heterocycles. The first-order valence-corrected chi connectivity index (χ1v) is 8.65. The maximum absolute atomic E-state index is 6.40. The van der Waals surface area contributed by atoms with Crippen LogP contribution in [0.3, 0.4) is 0 Å². The molecule has 112 valence electrons. The number of rotatable bonds is 6. The van der Waals surface area contributed by atoms with Gasteiger partial charge in [0.25, 0.3) is 0 Å². The minimum absolute atomic E-state index is 0.291. The van der Waals surface area contributed by atoms with Crippen molar-refractivity contribution in [3.05, 3.63) is 33.8 Å². The van der Waals surface area contributed by atoms with Crippen LogP contribution < -0.4 is 5.32 Å². The van der Waals surface area contributed by atoms with Crippen LogP contribution in [0.2, 0.25) is 10.0 Å². The summed E-state index contributed by atoms with van der Waals surface area (Å²) >= 11 is 12.8. The SMILES string of the molecule is CCCNC(CC1CCCCC1)c1c(Cl)cccc1Cl. The van der Waals surface area contributed by atoms with E-state index in [9.17, 15) is 0 Å². The molecular formula is C17H25Cl2N. The highest BCUT2D eigenvalue weighted by Crippen LogP contribution is 2.37. The Morgan fingerprint density at radius 2 is 1.80 bits per heavy atom. The van der Waals surface area contributed by atoms with Gasteiger partial charge in [-0.25, -0.2) is 0 Å². The van der Waals surface area contributed by atoms with Gasteiger partial charge in [0, 0.05) is 21.7 Å². The average molecular weight is 314 g/mol. The van der Waals surface area contributed by atoms with Crippen LogP contribution in [-0.2, 0) is 0 Å². The van der Waals surface area contributed by atoms with E-state index in [0.29, 0.717) is 6.04 Å². The van der Waals surface area contributed by atoms with Gasteiger partial charge in [-0.3, -0.25) is 0 Å². The van der Waals surface area contributed by atoms with E-state index >= 15 is 0 Å². The van der Waals surface area contributed by atoms with Gasteiger partial charge in [0.05, 0.1) is 0 Å². The summed E-state index contributed by atoms with van der Waals surface area (Å²) in [6.45, 7) is 3.21. The van der Waals surface area contributed by atoms with Gasteiger partial charge in [-0.15, -0.1) is 0 Å². The normalized spacial score (nSPS) is 18.1. The van der Waals surface area contributed by atoms with Crippen molar-refractivity contribution in [1.29, 1.82) is 0 Å². The molecule has 1 fully saturated rings. The summed E-state index contributed by atoms with van der Waals surface area (Å²) < 4.78 is 0. The highest BCUT2D eigenvalue weighted by molar-refractivity contribution is 6.36. The molecule has 1 aromatic carbocycles. The van der Waals surface area contributed by atoms with Crippen LogP contribution in [0.15, 0.2) is 18.2 Å². The third kappa shape index (κ3) is 4.38. The molecule has 1 unspecified atom stereocenters. The summed E-state index contributed by atoms with van der Waals surface area (Å²) in [5.74, 6) is 0.811. The van der Waals surface area contributed by atoms with Crippen LogP contribution in [-0.4, -0.2) is 6.54 Å². The summed E-state index contributed by atoms with van der Waals surface area (Å²) in [6.07, 6.45) is 9.14. The zero-order valence-electron chi connectivity index (χ0n) is 12.3. The number of benzene rings is 1. The van der Waals surface area contributed by atoms with Gasteiger partial charge < -0.3 is 5.32 Å². The summed E-state index contributed by atoms with van der Waals surface area (Å²) in [4.78, 5) is 0. The first-order chi connectivity index (χ1) is 9.72. The Morgan fingerprint density at radius 1 is 1.15 bits per heavy atom. The fraction of sp³-hybridized carbons (Fsp3) is 0.647. The molecule has 1 nitrogen and oxygen atoms in total. The molecule has 0 aliphatic heterocycles. The van der Waals surface area contributed by atoms with Crippen LogP contribution in [0.1, 0.15) is 63.5 Å². The fourth-order valence-corrected chi connectivity index (χ4v) is 3.88. The molecule has 0 heterocycles. The van der Waals surface area contributed by atoms with E-state index in [4.69, 9.17) is 23.2 Å². The molecule has 0 amide bonds. The van der Waals surface area contributed by atoms with Crippen molar-refractivity contribution in [3.8, 4) is 0 Å². The predicted molar refractivity (Wildman–Crippen MR) is 88.7 cm³/mol. The van der Waals surface area contributed by atoms with E-state index in [1.165, 1.54) is 32.1 Å². The Hall–Kier alpha value is -0.240. The zero-order valence-corrected chi connectivity index (χ0v) is 13.8. The van der Waals surface area contributed by atoms with Gasteiger partial charge in [-0.1, -0.05) is 68.3 Å². The van der Waals surface area contributed by atoms with Crippen molar-refractivity contribution < 1.29 is 0 Å². The lowest BCUT2D eigenvalue weighted by molar-refractivity contribution is 0.300. The Balaban J connectivity index is 2.13. The van der Waals surface area contributed by atoms with Crippen molar-refractivity contribution in [2.24, 2.45) is 5.92 Å². The highest BCUT2D eigenvalue weighted by atomic mass is 35.5. The van der Waals surface area contributed by atoms with Gasteiger partial charge in [-0.05, 0) is 37.4 Å². The molecule has 1 atom stereocenters. The van der Waals surface area contributed by atoms with E-state index in [0.717, 1.165) is 40.9 Å². The molecule has 3 heteroatoms. The monoisotopic (exact) mass is 313 g/mol. The molecule has 2 rings (SSSR count). The molecule has 1 saturated carbocycles. The standard InChI is InChI=1S/C17H25Cl2N/c1-2-11-20-16(12-13-7-4-3-5-8-13)17-14(18)9-6-10-15(17)19/h6,9-10,13,16,20H,2-5,7-8,11-12H2,1H3. The maximum atomic E-state index is 6.40. The van der Waals surface area contributed by atoms with E-state index < -0.39 is 0 Å². The van der Waals surface area contributed by atoms with E-state index in [1.807, 2.05) is 18.2 Å². The number of hydrogen-bond acceptors (Lipinski definition) is 1. The second-order valence-electron chi connectivity index (χ2n) is 5.88. The largest absolute Gasteiger partial charge is 0.310 e. The summed E-state index contributed by atoms with van der Waals surface area (Å²) in [5.41, 5.74) is 1.09. The lowest BCUT2D eigenvalue weighted by atomic mass is 9.83. The molecule has 1 aliphatic rings. The van der Waals surface area contributed by atoms with E-state index in [1.54, 1.807) is 0 Å². The number of nitrogens with one attached hydrogen (secondary N) is 1. The lowest BCUT2D eigenvalue weighted by Gasteiger charge is -2.28. The van der Waals surface area contributed by atoms with Crippen LogP contribution in [0, 0.1) is 5.92 Å². The lowest BCUT2D eigenvalue weighted by Crippen LogP contribution is -2.26. The Bertz CT molecular complexity index is 393. The third-order valence-corrected chi connectivity index (χ3v) is 4.94. The number of halogens is 2. The topological polar surface area (TPSA) is 12.0 Å². The second kappa shape index (κ2) is 8.26. The molecule has 0 aromatic heterocycles. The predicted octanol–water partition coefficient (Wildman–Crippen LogP) is 6.00. The average Bonchev–Trinajstić information content (AvgIpc) is 2.45. The molecule has 0 radical (unpaired) electrons. The second-order valence-corrected chi connectivity index (χ2v) is 6.70. The fourth-order valence-electron chi connectivity index (χ4n) is 3.22. The van der Waals surface area contributed by atoms with Crippen molar-refractivity contribution in [2.75, 3.05) is 6.54 Å². The summed E-state index contributed by atoms with van der Waals surface area (Å²) in [7, 11) is 0. The molecule has 1 aromatic rings. The van der Waals surface area contributed by atoms with Crippen molar-refractivity contribution in [1.82, 2.24) is 5.32 Å². The highest BCUT2D eigenvalue weighted by Gasteiger charge is 2.23. The summed E-state index contributed by atoms with van der Waals surface area (Å²) in [5, 5.41) is 5.23. The molecule has 1 aliphatic carbocycles. The van der Waals surface area contributed by atoms with Crippen molar-refractivity contribution in [3.63, 3.8) is 0 Å². The van der Waals surface area contributed by atoms with Gasteiger partial charge in [0.15, 0.2) is 0 Å². The van der Waals surface area contributed by atoms with E-state index in [-0.39, 0.29) is 0 Å². The van der Waals surface area contributed by atoms with Crippen molar-refractivity contribution in [2.45, 2.75) is 57.9 Å². The van der Waals surface area contributed by atoms with E-state index in [2.05, 4.69) is 12.2 Å². The van der Waals surface area contributed by atoms with Crippen molar-refractivity contribution >= 4 is 23.2 Å². The van der Waals surface area contributed by atoms with Gasteiger partial charge in [-0.2, -0.15) is 0 Å². The van der Waals surface area contributed by atoms with Crippen LogP contribution in [0.5, 0.6) is 0 Å². The molecule has 0 spiro atoms.